The van der Waals surface area contributed by atoms with Crippen LogP contribution in [0, 0.1) is 17.0 Å². The van der Waals surface area contributed by atoms with Gasteiger partial charge in [-0.05, 0) is 25.1 Å². The Morgan fingerprint density at radius 2 is 1.94 bits per heavy atom. The molecule has 3 aromatic rings. The number of nitro groups is 1. The first-order chi connectivity index (χ1) is 16.2. The average Bonchev–Trinajstić information content (AvgIpc) is 3.23. The van der Waals surface area contributed by atoms with E-state index >= 15 is 0 Å². The summed E-state index contributed by atoms with van der Waals surface area (Å²) in [6.07, 6.45) is 1.12. The lowest BCUT2D eigenvalue weighted by atomic mass is 10.1. The van der Waals surface area contributed by atoms with E-state index in [0.717, 1.165) is 19.3 Å². The Morgan fingerprint density at radius 3 is 2.62 bits per heavy atom. The van der Waals surface area contributed by atoms with Gasteiger partial charge in [0.1, 0.15) is 5.52 Å². The van der Waals surface area contributed by atoms with E-state index in [0.29, 0.717) is 35.1 Å². The highest BCUT2D eigenvalue weighted by molar-refractivity contribution is 7.91. The van der Waals surface area contributed by atoms with E-state index in [9.17, 15) is 23.3 Å². The van der Waals surface area contributed by atoms with Crippen LogP contribution in [0.25, 0.3) is 10.2 Å². The molecule has 0 aliphatic carbocycles. The number of carbonyl (C=O) groups excluding carboxylic acids is 1. The largest absolute Gasteiger partial charge is 0.379 e. The minimum Gasteiger partial charge on any atom is -0.379 e. The molecule has 0 radical (unpaired) electrons. The Bertz CT molecular complexity index is 1350. The van der Waals surface area contributed by atoms with Gasteiger partial charge < -0.3 is 4.74 Å². The maximum atomic E-state index is 13.7. The van der Waals surface area contributed by atoms with E-state index in [2.05, 4.69) is 9.88 Å². The number of para-hydroxylation sites is 1. The SMILES string of the molecule is Cc1c(C(=O)N(CCN2CCOCC2)c2nc3c(S(C)(=O)=O)cccc3s2)cccc1[N+](=O)[O-]. The number of aromatic nitrogens is 1. The van der Waals surface area contributed by atoms with Gasteiger partial charge in [0.2, 0.25) is 0 Å². The lowest BCUT2D eigenvalue weighted by molar-refractivity contribution is -0.385. The lowest BCUT2D eigenvalue weighted by Crippen LogP contribution is -2.43. The van der Waals surface area contributed by atoms with Gasteiger partial charge in [-0.3, -0.25) is 24.7 Å². The van der Waals surface area contributed by atoms with Gasteiger partial charge in [-0.25, -0.2) is 13.4 Å². The number of benzene rings is 2. The second kappa shape index (κ2) is 9.74. The zero-order chi connectivity index (χ0) is 24.5. The molecule has 12 heteroatoms. The molecule has 1 fully saturated rings. The minimum atomic E-state index is -3.52. The van der Waals surface area contributed by atoms with Gasteiger partial charge in [0.25, 0.3) is 11.6 Å². The average molecular weight is 505 g/mol. The first-order valence-corrected chi connectivity index (χ1v) is 13.3. The molecule has 4 rings (SSSR count). The fraction of sp³-hybridized carbons (Fsp3) is 0.364. The summed E-state index contributed by atoms with van der Waals surface area (Å²) >= 11 is 1.21. The van der Waals surface area contributed by atoms with Crippen LogP contribution in [-0.4, -0.2) is 74.8 Å². The van der Waals surface area contributed by atoms with E-state index < -0.39 is 20.7 Å². The molecule has 34 heavy (non-hydrogen) atoms. The van der Waals surface area contributed by atoms with Crippen molar-refractivity contribution in [2.24, 2.45) is 0 Å². The van der Waals surface area contributed by atoms with Gasteiger partial charge in [0.15, 0.2) is 15.0 Å². The molecule has 0 bridgehead atoms. The van der Waals surface area contributed by atoms with Crippen molar-refractivity contribution in [3.63, 3.8) is 0 Å². The van der Waals surface area contributed by atoms with Crippen molar-refractivity contribution < 1.29 is 22.9 Å². The summed E-state index contributed by atoms with van der Waals surface area (Å²) in [6.45, 7) is 5.07. The van der Waals surface area contributed by atoms with Crippen molar-refractivity contribution >= 4 is 48.1 Å². The second-order valence-corrected chi connectivity index (χ2v) is 11.0. The lowest BCUT2D eigenvalue weighted by Gasteiger charge is -2.29. The van der Waals surface area contributed by atoms with Crippen LogP contribution >= 0.6 is 11.3 Å². The highest BCUT2D eigenvalue weighted by Gasteiger charge is 2.27. The second-order valence-electron chi connectivity index (χ2n) is 7.99. The minimum absolute atomic E-state index is 0.0969. The number of hydrogen-bond donors (Lipinski definition) is 0. The molecule has 0 N–H and O–H groups in total. The van der Waals surface area contributed by atoms with Gasteiger partial charge in [-0.2, -0.15) is 0 Å². The topological polar surface area (TPSA) is 123 Å². The summed E-state index contributed by atoms with van der Waals surface area (Å²) in [5, 5.41) is 11.8. The van der Waals surface area contributed by atoms with Crippen molar-refractivity contribution in [1.82, 2.24) is 9.88 Å². The van der Waals surface area contributed by atoms with Crippen LogP contribution < -0.4 is 4.90 Å². The predicted molar refractivity (Wildman–Crippen MR) is 129 cm³/mol. The zero-order valence-corrected chi connectivity index (χ0v) is 20.4. The molecule has 2 aromatic carbocycles. The number of morpholine rings is 1. The van der Waals surface area contributed by atoms with E-state index in [1.165, 1.54) is 34.4 Å². The Balaban J connectivity index is 1.76. The fourth-order valence-electron chi connectivity index (χ4n) is 3.87. The molecule has 1 aliphatic rings. The van der Waals surface area contributed by atoms with E-state index in [1.54, 1.807) is 25.1 Å². The van der Waals surface area contributed by atoms with Gasteiger partial charge in [0, 0.05) is 49.6 Å². The number of thiazole rings is 1. The number of nitro benzene ring substituents is 1. The van der Waals surface area contributed by atoms with Gasteiger partial charge in [0.05, 0.1) is 27.7 Å². The number of ether oxygens (including phenoxy) is 1. The number of anilines is 1. The van der Waals surface area contributed by atoms with E-state index in [1.807, 2.05) is 0 Å². The Labute approximate surface area is 200 Å². The van der Waals surface area contributed by atoms with Crippen LogP contribution in [0.1, 0.15) is 15.9 Å². The Hall–Kier alpha value is -2.93. The van der Waals surface area contributed by atoms with Gasteiger partial charge in [-0.1, -0.05) is 23.5 Å². The summed E-state index contributed by atoms with van der Waals surface area (Å²) in [5.74, 6) is -0.422. The van der Waals surface area contributed by atoms with Gasteiger partial charge >= 0.3 is 0 Å². The van der Waals surface area contributed by atoms with E-state index in [-0.39, 0.29) is 28.3 Å². The molecule has 0 spiro atoms. The molecule has 1 aromatic heterocycles. The van der Waals surface area contributed by atoms with Crippen molar-refractivity contribution in [2.45, 2.75) is 11.8 Å². The van der Waals surface area contributed by atoms with Crippen molar-refractivity contribution in [1.29, 1.82) is 0 Å². The monoisotopic (exact) mass is 504 g/mol. The third-order valence-electron chi connectivity index (χ3n) is 5.72. The maximum absolute atomic E-state index is 13.7. The van der Waals surface area contributed by atoms with Crippen LogP contribution in [0.3, 0.4) is 0 Å². The van der Waals surface area contributed by atoms with Crippen LogP contribution in [0.5, 0.6) is 0 Å². The Morgan fingerprint density at radius 1 is 1.24 bits per heavy atom. The maximum Gasteiger partial charge on any atom is 0.273 e. The first-order valence-electron chi connectivity index (χ1n) is 10.6. The van der Waals surface area contributed by atoms with Crippen molar-refractivity contribution in [3.05, 3.63) is 57.6 Å². The van der Waals surface area contributed by atoms with Crippen molar-refractivity contribution in [2.75, 3.05) is 50.5 Å². The molecule has 0 atom stereocenters. The van der Waals surface area contributed by atoms with Crippen molar-refractivity contribution in [3.8, 4) is 0 Å². The number of carbonyl (C=O) groups is 1. The third kappa shape index (κ3) is 4.94. The van der Waals surface area contributed by atoms with Crippen LogP contribution in [-0.2, 0) is 14.6 Å². The molecular weight excluding hydrogens is 480 g/mol. The molecule has 2 heterocycles. The molecule has 10 nitrogen and oxygen atoms in total. The summed E-state index contributed by atoms with van der Waals surface area (Å²) in [7, 11) is -3.52. The number of fused-ring (bicyclic) bond motifs is 1. The third-order valence-corrected chi connectivity index (χ3v) is 7.89. The highest BCUT2D eigenvalue weighted by Crippen LogP contribution is 2.34. The summed E-state index contributed by atoms with van der Waals surface area (Å²) in [5.41, 5.74) is 0.651. The molecule has 0 unspecified atom stereocenters. The highest BCUT2D eigenvalue weighted by atomic mass is 32.2. The molecular formula is C22H24N4O6S2. The number of hydrogen-bond acceptors (Lipinski definition) is 9. The Kier molecular flexibility index (Phi) is 6.94. The number of amides is 1. The molecule has 1 aliphatic heterocycles. The van der Waals surface area contributed by atoms with Crippen LogP contribution in [0.2, 0.25) is 0 Å². The van der Waals surface area contributed by atoms with Crippen LogP contribution in [0.15, 0.2) is 41.3 Å². The standard InChI is InChI=1S/C22H24N4O6S2/c1-15-16(5-3-6-17(15)26(28)29)21(27)25(10-9-24-11-13-32-14-12-24)22-23-20-18(33-22)7-4-8-19(20)34(2,30)31/h3-8H,9-14H2,1-2H3. The van der Waals surface area contributed by atoms with E-state index in [4.69, 9.17) is 4.74 Å². The fourth-order valence-corrected chi connectivity index (χ4v) is 5.79. The summed E-state index contributed by atoms with van der Waals surface area (Å²) in [4.78, 5) is 32.9. The molecule has 1 saturated heterocycles. The number of nitrogens with zero attached hydrogens (tertiary/aromatic N) is 4. The van der Waals surface area contributed by atoms with Gasteiger partial charge in [-0.15, -0.1) is 0 Å². The molecule has 0 saturated carbocycles. The number of sulfone groups is 1. The molecule has 1 amide bonds. The zero-order valence-electron chi connectivity index (χ0n) is 18.8. The smallest absolute Gasteiger partial charge is 0.273 e. The molecule has 180 valence electrons. The van der Waals surface area contributed by atoms with Crippen LogP contribution in [0.4, 0.5) is 10.8 Å². The normalized spacial score (nSPS) is 14.9. The number of rotatable bonds is 7. The quantitative estimate of drug-likeness (QED) is 0.355. The summed E-state index contributed by atoms with van der Waals surface area (Å²) < 4.78 is 30.6. The predicted octanol–water partition coefficient (Wildman–Crippen LogP) is 2.90. The first kappa shape index (κ1) is 24.2. The summed E-state index contributed by atoms with van der Waals surface area (Å²) in [6, 6.07) is 9.30.